The Morgan fingerprint density at radius 2 is 2.19 bits per heavy atom. The van der Waals surface area contributed by atoms with Gasteiger partial charge in [0.2, 0.25) is 0 Å². The largest absolute Gasteiger partial charge is 0.366 e. The van der Waals surface area contributed by atoms with Gasteiger partial charge in [0.25, 0.3) is 0 Å². The Morgan fingerprint density at radius 3 is 2.81 bits per heavy atom. The van der Waals surface area contributed by atoms with Crippen LogP contribution in [0, 0.1) is 0 Å². The quantitative estimate of drug-likeness (QED) is 0.856. The summed E-state index contributed by atoms with van der Waals surface area (Å²) in [5.74, 6) is 0.790. The zero-order valence-corrected chi connectivity index (χ0v) is 10.4. The van der Waals surface area contributed by atoms with Crippen LogP contribution in [-0.4, -0.2) is 12.4 Å². The van der Waals surface area contributed by atoms with Crippen LogP contribution in [0.2, 0.25) is 10.0 Å². The molecule has 86 valence electrons. The number of hydrogen-bond acceptors (Lipinski definition) is 3. The van der Waals surface area contributed by atoms with Gasteiger partial charge in [-0.3, -0.25) is 0 Å². The van der Waals surface area contributed by atoms with Crippen molar-refractivity contribution in [1.82, 2.24) is 5.32 Å². The number of hydrogen-bond donors (Lipinski definition) is 2. The number of amidine groups is 1. The number of benzene rings is 1. The molecule has 1 atom stereocenters. The molecule has 0 bridgehead atoms. The van der Waals surface area contributed by atoms with Gasteiger partial charge in [-0.25, -0.2) is 4.99 Å². The fraction of sp³-hybridized carbons (Fsp3) is 0.364. The lowest BCUT2D eigenvalue weighted by Crippen LogP contribution is -2.36. The van der Waals surface area contributed by atoms with Gasteiger partial charge in [-0.05, 0) is 18.6 Å². The highest BCUT2D eigenvalue weighted by Gasteiger charge is 2.23. The van der Waals surface area contributed by atoms with Gasteiger partial charge in [0.05, 0.1) is 28.3 Å². The van der Waals surface area contributed by atoms with Crippen molar-refractivity contribution in [3.05, 3.63) is 27.7 Å². The fourth-order valence-electron chi connectivity index (χ4n) is 1.85. The van der Waals surface area contributed by atoms with Gasteiger partial charge in [-0.15, -0.1) is 0 Å². The molecule has 0 spiro atoms. The molecule has 16 heavy (non-hydrogen) atoms. The van der Waals surface area contributed by atoms with E-state index in [0.29, 0.717) is 16.6 Å². The van der Waals surface area contributed by atoms with Crippen molar-refractivity contribution in [3.8, 4) is 0 Å². The number of rotatable bonds is 2. The lowest BCUT2D eigenvalue weighted by molar-refractivity contribution is 0.613. The Bertz CT molecular complexity index is 443. The second-order valence-corrected chi connectivity index (χ2v) is 4.45. The molecular formula is C11H13Cl2N3. The van der Waals surface area contributed by atoms with E-state index in [1.54, 1.807) is 6.07 Å². The van der Waals surface area contributed by atoms with E-state index < -0.39 is 0 Å². The Kier molecular flexibility index (Phi) is 3.38. The fourth-order valence-corrected chi connectivity index (χ4v) is 2.30. The summed E-state index contributed by atoms with van der Waals surface area (Å²) in [4.78, 5) is 4.40. The first-order chi connectivity index (χ1) is 7.67. The summed E-state index contributed by atoms with van der Waals surface area (Å²) < 4.78 is 0. The molecule has 2 rings (SSSR count). The van der Waals surface area contributed by atoms with E-state index in [-0.39, 0.29) is 6.04 Å². The predicted octanol–water partition coefficient (Wildman–Crippen LogP) is 3.04. The van der Waals surface area contributed by atoms with Gasteiger partial charge < -0.3 is 11.1 Å². The van der Waals surface area contributed by atoms with Crippen molar-refractivity contribution >= 4 is 34.7 Å². The van der Waals surface area contributed by atoms with E-state index in [9.17, 15) is 0 Å². The third-order valence-electron chi connectivity index (χ3n) is 2.66. The molecule has 0 amide bonds. The molecule has 5 heteroatoms. The summed E-state index contributed by atoms with van der Waals surface area (Å²) >= 11 is 12.2. The summed E-state index contributed by atoms with van der Waals surface area (Å²) in [7, 11) is 0. The summed E-state index contributed by atoms with van der Waals surface area (Å²) in [5, 5.41) is 4.40. The predicted molar refractivity (Wildman–Crippen MR) is 68.8 cm³/mol. The third kappa shape index (κ3) is 1.90. The van der Waals surface area contributed by atoms with Crippen LogP contribution in [0.25, 0.3) is 0 Å². The van der Waals surface area contributed by atoms with Crippen LogP contribution in [0.4, 0.5) is 5.69 Å². The summed E-state index contributed by atoms with van der Waals surface area (Å²) in [5.41, 5.74) is 7.42. The zero-order valence-electron chi connectivity index (χ0n) is 8.93. The van der Waals surface area contributed by atoms with Crippen molar-refractivity contribution in [2.24, 2.45) is 10.7 Å². The molecule has 0 saturated heterocycles. The minimum absolute atomic E-state index is 0.136. The van der Waals surface area contributed by atoms with E-state index in [1.165, 1.54) is 0 Å². The van der Waals surface area contributed by atoms with Gasteiger partial charge in [0.15, 0.2) is 0 Å². The SMILES string of the molecule is CCC1NC(CN)=Nc2ccc(Cl)c(Cl)c21. The van der Waals surface area contributed by atoms with Crippen molar-refractivity contribution in [2.75, 3.05) is 6.54 Å². The smallest absolute Gasteiger partial charge is 0.116 e. The molecule has 1 heterocycles. The number of nitrogens with one attached hydrogen (secondary N) is 1. The number of fused-ring (bicyclic) bond motifs is 1. The van der Waals surface area contributed by atoms with E-state index in [4.69, 9.17) is 28.9 Å². The topological polar surface area (TPSA) is 50.4 Å². The lowest BCUT2D eigenvalue weighted by atomic mass is 10.0. The van der Waals surface area contributed by atoms with Crippen molar-refractivity contribution in [1.29, 1.82) is 0 Å². The molecule has 3 N–H and O–H groups in total. The maximum absolute atomic E-state index is 6.20. The monoisotopic (exact) mass is 257 g/mol. The molecule has 0 aromatic heterocycles. The van der Waals surface area contributed by atoms with Crippen molar-refractivity contribution in [3.63, 3.8) is 0 Å². The van der Waals surface area contributed by atoms with E-state index in [0.717, 1.165) is 23.5 Å². The average Bonchev–Trinajstić information content (AvgIpc) is 2.32. The molecule has 0 fully saturated rings. The van der Waals surface area contributed by atoms with Crippen molar-refractivity contribution < 1.29 is 0 Å². The van der Waals surface area contributed by atoms with Gasteiger partial charge in [-0.1, -0.05) is 30.1 Å². The molecule has 0 radical (unpaired) electrons. The molecule has 1 aliphatic heterocycles. The molecule has 0 saturated carbocycles. The minimum Gasteiger partial charge on any atom is -0.366 e. The summed E-state index contributed by atoms with van der Waals surface area (Å²) in [6.07, 6.45) is 0.909. The zero-order chi connectivity index (χ0) is 11.7. The van der Waals surface area contributed by atoms with Crippen molar-refractivity contribution in [2.45, 2.75) is 19.4 Å². The van der Waals surface area contributed by atoms with Crippen LogP contribution in [0.1, 0.15) is 24.9 Å². The first kappa shape index (κ1) is 11.7. The molecular weight excluding hydrogens is 245 g/mol. The molecule has 1 aromatic carbocycles. The number of aliphatic imine (C=N–C) groups is 1. The van der Waals surface area contributed by atoms with Gasteiger partial charge in [-0.2, -0.15) is 0 Å². The first-order valence-electron chi connectivity index (χ1n) is 5.19. The van der Waals surface area contributed by atoms with Gasteiger partial charge in [0.1, 0.15) is 5.84 Å². The van der Waals surface area contributed by atoms with Crippen LogP contribution >= 0.6 is 23.2 Å². The molecule has 0 aliphatic carbocycles. The Balaban J connectivity index is 2.57. The van der Waals surface area contributed by atoms with Gasteiger partial charge in [0, 0.05) is 5.56 Å². The average molecular weight is 258 g/mol. The second kappa shape index (κ2) is 4.62. The van der Waals surface area contributed by atoms with Crippen LogP contribution in [0.3, 0.4) is 0 Å². The Hall–Kier alpha value is -0.770. The standard InChI is InChI=1S/C11H13Cl2N3/c1-2-7-10-8(16-9(5-14)15-7)4-3-6(12)11(10)13/h3-4,7H,2,5,14H2,1H3,(H,15,16). The third-order valence-corrected chi connectivity index (χ3v) is 3.47. The molecule has 1 aromatic rings. The normalized spacial score (nSPS) is 18.8. The van der Waals surface area contributed by atoms with E-state index >= 15 is 0 Å². The summed E-state index contributed by atoms with van der Waals surface area (Å²) in [6.45, 7) is 2.48. The number of nitrogens with two attached hydrogens (primary N) is 1. The number of nitrogens with zero attached hydrogens (tertiary/aromatic N) is 1. The van der Waals surface area contributed by atoms with Crippen LogP contribution < -0.4 is 11.1 Å². The van der Waals surface area contributed by atoms with Crippen LogP contribution in [0.5, 0.6) is 0 Å². The number of halogens is 2. The lowest BCUT2D eigenvalue weighted by Gasteiger charge is -2.27. The first-order valence-corrected chi connectivity index (χ1v) is 5.95. The molecule has 3 nitrogen and oxygen atoms in total. The Morgan fingerprint density at radius 1 is 1.44 bits per heavy atom. The minimum atomic E-state index is 0.136. The van der Waals surface area contributed by atoms with Crippen LogP contribution in [-0.2, 0) is 0 Å². The second-order valence-electron chi connectivity index (χ2n) is 3.66. The highest BCUT2D eigenvalue weighted by atomic mass is 35.5. The Labute approximate surface area is 105 Å². The highest BCUT2D eigenvalue weighted by molar-refractivity contribution is 6.42. The van der Waals surface area contributed by atoms with Gasteiger partial charge >= 0.3 is 0 Å². The van der Waals surface area contributed by atoms with E-state index in [1.807, 2.05) is 6.07 Å². The van der Waals surface area contributed by atoms with Crippen LogP contribution in [0.15, 0.2) is 17.1 Å². The highest BCUT2D eigenvalue weighted by Crippen LogP contribution is 2.40. The maximum Gasteiger partial charge on any atom is 0.116 e. The maximum atomic E-state index is 6.20. The molecule has 1 aliphatic rings. The summed E-state index contributed by atoms with van der Waals surface area (Å²) in [6, 6.07) is 3.78. The van der Waals surface area contributed by atoms with E-state index in [2.05, 4.69) is 17.2 Å². The molecule has 1 unspecified atom stereocenters.